The molecular weight excluding hydrogens is 344 g/mol. The van der Waals surface area contributed by atoms with Crippen molar-refractivity contribution in [2.75, 3.05) is 26.2 Å². The van der Waals surface area contributed by atoms with Gasteiger partial charge in [0.2, 0.25) is 5.91 Å². The number of pyridine rings is 1. The molecule has 0 aliphatic carbocycles. The number of hydrogen-bond acceptors (Lipinski definition) is 5. The summed E-state index contributed by atoms with van der Waals surface area (Å²) in [6, 6.07) is 6.18. The van der Waals surface area contributed by atoms with Gasteiger partial charge in [-0.05, 0) is 57.8 Å². The third kappa shape index (κ3) is 5.26. The van der Waals surface area contributed by atoms with Crippen LogP contribution in [0.2, 0.25) is 0 Å². The highest BCUT2D eigenvalue weighted by Gasteiger charge is 2.32. The molecule has 3 heterocycles. The van der Waals surface area contributed by atoms with Gasteiger partial charge in [0.15, 0.2) is 0 Å². The van der Waals surface area contributed by atoms with E-state index in [-0.39, 0.29) is 17.7 Å². The van der Waals surface area contributed by atoms with Crippen LogP contribution in [0.25, 0.3) is 0 Å². The fourth-order valence-electron chi connectivity index (χ4n) is 4.07. The van der Waals surface area contributed by atoms with Gasteiger partial charge in [-0.2, -0.15) is 0 Å². The van der Waals surface area contributed by atoms with Gasteiger partial charge in [-0.25, -0.2) is 0 Å². The van der Waals surface area contributed by atoms with E-state index in [9.17, 15) is 14.7 Å². The third-order valence-electron chi connectivity index (χ3n) is 5.72. The molecule has 1 atom stereocenters. The Hall–Kier alpha value is -1.99. The molecule has 1 aromatic rings. The number of nitrogens with one attached hydrogen (secondary N) is 1. The zero-order chi connectivity index (χ0) is 19.2. The number of carbonyl (C=O) groups excluding carboxylic acids is 2. The Morgan fingerprint density at radius 3 is 2.48 bits per heavy atom. The second-order valence-electron chi connectivity index (χ2n) is 7.58. The van der Waals surface area contributed by atoms with Crippen LogP contribution in [0.3, 0.4) is 0 Å². The van der Waals surface area contributed by atoms with Crippen LogP contribution in [0.5, 0.6) is 0 Å². The Morgan fingerprint density at radius 1 is 1.19 bits per heavy atom. The molecule has 2 aliphatic heterocycles. The average molecular weight is 374 g/mol. The molecule has 0 bridgehead atoms. The number of carbonyl (C=O) groups is 2. The highest BCUT2D eigenvalue weighted by atomic mass is 16.3. The van der Waals surface area contributed by atoms with Crippen LogP contribution in [-0.2, 0) is 16.1 Å². The van der Waals surface area contributed by atoms with Crippen LogP contribution in [0.4, 0.5) is 0 Å². The quantitative estimate of drug-likeness (QED) is 0.796. The molecule has 7 heteroatoms. The highest BCUT2D eigenvalue weighted by molar-refractivity contribution is 5.80. The summed E-state index contributed by atoms with van der Waals surface area (Å²) in [6.45, 7) is 5.28. The van der Waals surface area contributed by atoms with Gasteiger partial charge in [-0.15, -0.1) is 0 Å². The number of aliphatic hydroxyl groups excluding tert-OH is 1. The molecule has 1 aromatic heterocycles. The first-order chi connectivity index (χ1) is 13.0. The number of piperidine rings is 2. The lowest BCUT2D eigenvalue weighted by Crippen LogP contribution is -2.51. The Balaban J connectivity index is 1.39. The normalized spacial score (nSPS) is 21.0. The van der Waals surface area contributed by atoms with Gasteiger partial charge < -0.3 is 20.2 Å². The summed E-state index contributed by atoms with van der Waals surface area (Å²) in [6.07, 6.45) is 4.45. The van der Waals surface area contributed by atoms with E-state index >= 15 is 0 Å². The summed E-state index contributed by atoms with van der Waals surface area (Å²) in [5.41, 5.74) is 0.877. The van der Waals surface area contributed by atoms with Crippen molar-refractivity contribution < 1.29 is 14.7 Å². The summed E-state index contributed by atoms with van der Waals surface area (Å²) in [5, 5.41) is 12.4. The van der Waals surface area contributed by atoms with Crippen LogP contribution in [0, 0.1) is 5.92 Å². The first-order valence-electron chi connectivity index (χ1n) is 9.93. The molecule has 7 nitrogen and oxygen atoms in total. The zero-order valence-electron chi connectivity index (χ0n) is 16.0. The van der Waals surface area contributed by atoms with Gasteiger partial charge in [0.1, 0.15) is 6.10 Å². The SMILES string of the molecule is C[C@@H](O)C(=O)N1CCC(N2CCC(C(=O)NCc3ccccn3)CC2)CC1. The molecule has 0 spiro atoms. The average Bonchev–Trinajstić information content (AvgIpc) is 2.72. The van der Waals surface area contributed by atoms with E-state index in [1.165, 1.54) is 6.92 Å². The Morgan fingerprint density at radius 2 is 1.89 bits per heavy atom. The molecule has 0 aromatic carbocycles. The number of likely N-dealkylation sites (tertiary alicyclic amines) is 2. The van der Waals surface area contributed by atoms with E-state index in [0.29, 0.717) is 25.7 Å². The van der Waals surface area contributed by atoms with Crippen molar-refractivity contribution in [3.05, 3.63) is 30.1 Å². The number of aromatic nitrogens is 1. The van der Waals surface area contributed by atoms with E-state index in [1.54, 1.807) is 11.1 Å². The van der Waals surface area contributed by atoms with E-state index in [0.717, 1.165) is 44.5 Å². The van der Waals surface area contributed by atoms with Crippen LogP contribution < -0.4 is 5.32 Å². The maximum atomic E-state index is 12.4. The molecule has 0 saturated carbocycles. The van der Waals surface area contributed by atoms with Gasteiger partial charge in [0, 0.05) is 31.2 Å². The second kappa shape index (κ2) is 9.28. The minimum Gasteiger partial charge on any atom is -0.384 e. The predicted octanol–water partition coefficient (Wildman–Crippen LogP) is 0.782. The molecule has 0 radical (unpaired) electrons. The smallest absolute Gasteiger partial charge is 0.251 e. The zero-order valence-corrected chi connectivity index (χ0v) is 16.0. The number of nitrogens with zero attached hydrogens (tertiary/aromatic N) is 3. The molecule has 2 amide bonds. The maximum absolute atomic E-state index is 12.4. The molecule has 148 valence electrons. The van der Waals surface area contributed by atoms with Crippen molar-refractivity contribution in [2.45, 2.75) is 51.3 Å². The van der Waals surface area contributed by atoms with Gasteiger partial charge in [-0.3, -0.25) is 14.6 Å². The van der Waals surface area contributed by atoms with Crippen molar-refractivity contribution in [3.8, 4) is 0 Å². The second-order valence-corrected chi connectivity index (χ2v) is 7.58. The minimum atomic E-state index is -0.915. The summed E-state index contributed by atoms with van der Waals surface area (Å²) < 4.78 is 0. The van der Waals surface area contributed by atoms with Crippen molar-refractivity contribution in [2.24, 2.45) is 5.92 Å². The molecule has 2 fully saturated rings. The molecule has 27 heavy (non-hydrogen) atoms. The summed E-state index contributed by atoms with van der Waals surface area (Å²) in [7, 11) is 0. The van der Waals surface area contributed by atoms with Crippen LogP contribution >= 0.6 is 0 Å². The van der Waals surface area contributed by atoms with Crippen molar-refractivity contribution >= 4 is 11.8 Å². The monoisotopic (exact) mass is 374 g/mol. The van der Waals surface area contributed by atoms with Crippen LogP contribution in [-0.4, -0.2) is 70.0 Å². The fraction of sp³-hybridized carbons (Fsp3) is 0.650. The largest absolute Gasteiger partial charge is 0.384 e. The Kier molecular flexibility index (Phi) is 6.79. The molecule has 2 saturated heterocycles. The van der Waals surface area contributed by atoms with Gasteiger partial charge >= 0.3 is 0 Å². The van der Waals surface area contributed by atoms with Crippen LogP contribution in [0.1, 0.15) is 38.3 Å². The van der Waals surface area contributed by atoms with Gasteiger partial charge in [0.25, 0.3) is 5.91 Å². The molecule has 2 aliphatic rings. The topological polar surface area (TPSA) is 85.8 Å². The molecule has 2 N–H and O–H groups in total. The Labute approximate surface area is 160 Å². The molecule has 3 rings (SSSR count). The van der Waals surface area contributed by atoms with Gasteiger partial charge in [0.05, 0.1) is 12.2 Å². The predicted molar refractivity (Wildman–Crippen MR) is 102 cm³/mol. The lowest BCUT2D eigenvalue weighted by Gasteiger charge is -2.41. The van der Waals surface area contributed by atoms with E-state index < -0.39 is 6.10 Å². The maximum Gasteiger partial charge on any atom is 0.251 e. The minimum absolute atomic E-state index is 0.0712. The fourth-order valence-corrected chi connectivity index (χ4v) is 4.07. The third-order valence-corrected chi connectivity index (χ3v) is 5.72. The number of rotatable bonds is 5. The van der Waals surface area contributed by atoms with Crippen molar-refractivity contribution in [1.82, 2.24) is 20.1 Å². The number of aliphatic hydroxyl groups is 1. The standard InChI is InChI=1S/C20H30N4O3/c1-15(25)20(27)24-12-7-18(8-13-24)23-10-5-16(6-11-23)19(26)22-14-17-4-2-3-9-21-17/h2-4,9,15-16,18,25H,5-8,10-14H2,1H3,(H,22,26)/t15-/m1/s1. The highest BCUT2D eigenvalue weighted by Crippen LogP contribution is 2.24. The summed E-state index contributed by atoms with van der Waals surface area (Å²) in [5.74, 6) is 0.0243. The number of hydrogen-bond donors (Lipinski definition) is 2. The number of amides is 2. The van der Waals surface area contributed by atoms with Crippen LogP contribution in [0.15, 0.2) is 24.4 Å². The van der Waals surface area contributed by atoms with Crippen molar-refractivity contribution in [3.63, 3.8) is 0 Å². The van der Waals surface area contributed by atoms with Gasteiger partial charge in [-0.1, -0.05) is 6.07 Å². The summed E-state index contributed by atoms with van der Waals surface area (Å²) >= 11 is 0. The van der Waals surface area contributed by atoms with E-state index in [4.69, 9.17) is 0 Å². The first kappa shape index (κ1) is 19.8. The molecular formula is C20H30N4O3. The first-order valence-corrected chi connectivity index (χ1v) is 9.93. The molecule has 0 unspecified atom stereocenters. The van der Waals surface area contributed by atoms with E-state index in [1.807, 2.05) is 18.2 Å². The lowest BCUT2D eigenvalue weighted by molar-refractivity contribution is -0.141. The van der Waals surface area contributed by atoms with E-state index in [2.05, 4.69) is 15.2 Å². The van der Waals surface area contributed by atoms with Crippen molar-refractivity contribution in [1.29, 1.82) is 0 Å². The summed E-state index contributed by atoms with van der Waals surface area (Å²) in [4.78, 5) is 32.7. The lowest BCUT2D eigenvalue weighted by atomic mass is 9.92. The Bertz CT molecular complexity index is 621.